The fourth-order valence-electron chi connectivity index (χ4n) is 2.87. The molecule has 29 heavy (non-hydrogen) atoms. The standard InChI is InChI=1S/C21H35NO7/c1-6-21(4,5)22-14-9-13(11-27-12(2)3)7-8-15(14)28-20-19(26)18(25)17(24)16(10-23)29-20/h7-9,12,16-20,22-26H,6,10-11H2,1-5H3. The number of aliphatic hydroxyl groups is 4. The predicted octanol–water partition coefficient (Wildman–Crippen LogP) is 1.39. The fourth-order valence-corrected chi connectivity index (χ4v) is 2.87. The van der Waals surface area contributed by atoms with Crippen molar-refractivity contribution >= 4 is 5.69 Å². The molecule has 1 heterocycles. The minimum absolute atomic E-state index is 0.100. The molecular formula is C21H35NO7. The number of aliphatic hydroxyl groups excluding tert-OH is 4. The zero-order chi connectivity index (χ0) is 21.8. The third kappa shape index (κ3) is 6.28. The second-order valence-corrected chi connectivity index (χ2v) is 8.37. The lowest BCUT2D eigenvalue weighted by molar-refractivity contribution is -0.277. The summed E-state index contributed by atoms with van der Waals surface area (Å²) in [6.07, 6.45) is -5.70. The highest BCUT2D eigenvalue weighted by molar-refractivity contribution is 5.59. The van der Waals surface area contributed by atoms with Crippen molar-refractivity contribution in [3.63, 3.8) is 0 Å². The van der Waals surface area contributed by atoms with Crippen LogP contribution in [-0.2, 0) is 16.1 Å². The Bertz CT molecular complexity index is 650. The highest BCUT2D eigenvalue weighted by atomic mass is 16.7. The van der Waals surface area contributed by atoms with Gasteiger partial charge in [0.25, 0.3) is 0 Å². The number of nitrogens with one attached hydrogen (secondary N) is 1. The van der Waals surface area contributed by atoms with Crippen LogP contribution in [0.25, 0.3) is 0 Å². The zero-order valence-corrected chi connectivity index (χ0v) is 17.8. The van der Waals surface area contributed by atoms with Crippen molar-refractivity contribution in [1.82, 2.24) is 0 Å². The Morgan fingerprint density at radius 1 is 1.14 bits per heavy atom. The Hall–Kier alpha value is -1.42. The molecular weight excluding hydrogens is 378 g/mol. The smallest absolute Gasteiger partial charge is 0.229 e. The van der Waals surface area contributed by atoms with E-state index < -0.39 is 37.3 Å². The van der Waals surface area contributed by atoms with E-state index in [1.165, 1.54) is 0 Å². The van der Waals surface area contributed by atoms with E-state index in [1.807, 2.05) is 26.0 Å². The average Bonchev–Trinajstić information content (AvgIpc) is 2.68. The maximum absolute atomic E-state index is 10.3. The molecule has 8 heteroatoms. The molecule has 166 valence electrons. The van der Waals surface area contributed by atoms with Gasteiger partial charge in [0.05, 0.1) is 25.0 Å². The van der Waals surface area contributed by atoms with Gasteiger partial charge in [0.1, 0.15) is 30.2 Å². The first-order chi connectivity index (χ1) is 13.6. The van der Waals surface area contributed by atoms with Crippen LogP contribution < -0.4 is 10.1 Å². The number of benzene rings is 1. The van der Waals surface area contributed by atoms with E-state index in [4.69, 9.17) is 14.2 Å². The minimum Gasteiger partial charge on any atom is -0.460 e. The zero-order valence-electron chi connectivity index (χ0n) is 17.8. The van der Waals surface area contributed by atoms with Crippen LogP contribution in [0.3, 0.4) is 0 Å². The fraction of sp³-hybridized carbons (Fsp3) is 0.714. The SMILES string of the molecule is CCC(C)(C)Nc1cc(COC(C)C)ccc1OC1OC(CO)C(O)C(O)C1O. The topological polar surface area (TPSA) is 121 Å². The molecule has 5 atom stereocenters. The van der Waals surface area contributed by atoms with Crippen LogP contribution in [0.5, 0.6) is 5.75 Å². The molecule has 5 unspecified atom stereocenters. The molecule has 0 saturated carbocycles. The van der Waals surface area contributed by atoms with E-state index in [2.05, 4.69) is 26.1 Å². The molecule has 1 saturated heterocycles. The summed E-state index contributed by atoms with van der Waals surface area (Å²) in [5.74, 6) is 0.421. The Morgan fingerprint density at radius 3 is 2.41 bits per heavy atom. The monoisotopic (exact) mass is 413 g/mol. The first-order valence-electron chi connectivity index (χ1n) is 10.1. The van der Waals surface area contributed by atoms with Crippen molar-refractivity contribution in [2.24, 2.45) is 0 Å². The second-order valence-electron chi connectivity index (χ2n) is 8.37. The lowest BCUT2D eigenvalue weighted by Gasteiger charge is -2.40. The van der Waals surface area contributed by atoms with Crippen molar-refractivity contribution in [2.75, 3.05) is 11.9 Å². The van der Waals surface area contributed by atoms with Crippen LogP contribution in [0.1, 0.15) is 46.6 Å². The Balaban J connectivity index is 2.27. The molecule has 1 aliphatic rings. The van der Waals surface area contributed by atoms with Crippen molar-refractivity contribution in [1.29, 1.82) is 0 Å². The van der Waals surface area contributed by atoms with Gasteiger partial charge in [-0.3, -0.25) is 0 Å². The number of anilines is 1. The van der Waals surface area contributed by atoms with Crippen molar-refractivity contribution in [3.8, 4) is 5.75 Å². The second kappa shape index (κ2) is 10.1. The Kier molecular flexibility index (Phi) is 8.28. The number of ether oxygens (including phenoxy) is 3. The van der Waals surface area contributed by atoms with E-state index in [1.54, 1.807) is 6.07 Å². The molecule has 8 nitrogen and oxygen atoms in total. The number of hydrogen-bond donors (Lipinski definition) is 5. The Morgan fingerprint density at radius 2 is 1.83 bits per heavy atom. The van der Waals surface area contributed by atoms with Gasteiger partial charge in [0, 0.05) is 5.54 Å². The molecule has 0 spiro atoms. The molecule has 0 amide bonds. The number of rotatable bonds is 9. The van der Waals surface area contributed by atoms with Gasteiger partial charge in [-0.05, 0) is 51.8 Å². The molecule has 0 aliphatic carbocycles. The minimum atomic E-state index is -1.49. The molecule has 0 radical (unpaired) electrons. The quantitative estimate of drug-likeness (QED) is 0.412. The largest absolute Gasteiger partial charge is 0.460 e. The van der Waals surface area contributed by atoms with Crippen LogP contribution >= 0.6 is 0 Å². The molecule has 1 fully saturated rings. The van der Waals surface area contributed by atoms with E-state index >= 15 is 0 Å². The summed E-state index contributed by atoms with van der Waals surface area (Å²) in [6.45, 7) is 10.1. The maximum Gasteiger partial charge on any atom is 0.229 e. The third-order valence-electron chi connectivity index (χ3n) is 5.08. The maximum atomic E-state index is 10.3. The Labute approximate surface area is 172 Å². The van der Waals surface area contributed by atoms with Gasteiger partial charge in [-0.15, -0.1) is 0 Å². The summed E-state index contributed by atoms with van der Waals surface area (Å²) < 4.78 is 17.0. The van der Waals surface area contributed by atoms with Crippen molar-refractivity contribution < 1.29 is 34.6 Å². The van der Waals surface area contributed by atoms with Gasteiger partial charge >= 0.3 is 0 Å². The molecule has 0 bridgehead atoms. The summed E-state index contributed by atoms with van der Waals surface area (Å²) >= 11 is 0. The third-order valence-corrected chi connectivity index (χ3v) is 5.08. The number of hydrogen-bond acceptors (Lipinski definition) is 8. The molecule has 2 rings (SSSR count). The van der Waals surface area contributed by atoms with Crippen LogP contribution in [-0.4, -0.2) is 69.4 Å². The summed E-state index contributed by atoms with van der Waals surface area (Å²) in [5, 5.41) is 43.0. The molecule has 1 aromatic carbocycles. The van der Waals surface area contributed by atoms with Crippen LogP contribution in [0.4, 0.5) is 5.69 Å². The van der Waals surface area contributed by atoms with Crippen LogP contribution in [0.2, 0.25) is 0 Å². The molecule has 0 aromatic heterocycles. The van der Waals surface area contributed by atoms with Gasteiger partial charge < -0.3 is 40.0 Å². The normalized spacial score (nSPS) is 27.9. The highest BCUT2D eigenvalue weighted by Crippen LogP contribution is 2.33. The molecule has 5 N–H and O–H groups in total. The van der Waals surface area contributed by atoms with E-state index in [0.29, 0.717) is 18.0 Å². The first-order valence-corrected chi connectivity index (χ1v) is 10.1. The highest BCUT2D eigenvalue weighted by Gasteiger charge is 2.45. The van der Waals surface area contributed by atoms with Crippen molar-refractivity contribution in [2.45, 2.75) is 90.0 Å². The molecule has 1 aliphatic heterocycles. The van der Waals surface area contributed by atoms with E-state index in [9.17, 15) is 20.4 Å². The first kappa shape index (κ1) is 23.9. The van der Waals surface area contributed by atoms with E-state index in [0.717, 1.165) is 12.0 Å². The van der Waals surface area contributed by atoms with E-state index in [-0.39, 0.29) is 11.6 Å². The van der Waals surface area contributed by atoms with Crippen LogP contribution in [0, 0.1) is 0 Å². The van der Waals surface area contributed by atoms with Gasteiger partial charge in [-0.1, -0.05) is 13.0 Å². The van der Waals surface area contributed by atoms with Crippen LogP contribution in [0.15, 0.2) is 18.2 Å². The van der Waals surface area contributed by atoms with Gasteiger partial charge in [0.15, 0.2) is 0 Å². The predicted molar refractivity (Wildman–Crippen MR) is 109 cm³/mol. The summed E-state index contributed by atoms with van der Waals surface area (Å²) in [4.78, 5) is 0. The summed E-state index contributed by atoms with van der Waals surface area (Å²) in [7, 11) is 0. The average molecular weight is 414 g/mol. The van der Waals surface area contributed by atoms with Crippen molar-refractivity contribution in [3.05, 3.63) is 23.8 Å². The summed E-state index contributed by atoms with van der Waals surface area (Å²) in [6, 6.07) is 5.51. The van der Waals surface area contributed by atoms with Gasteiger partial charge in [0.2, 0.25) is 6.29 Å². The lowest BCUT2D eigenvalue weighted by atomic mass is 9.99. The van der Waals surface area contributed by atoms with Gasteiger partial charge in [-0.2, -0.15) is 0 Å². The molecule has 1 aromatic rings. The lowest BCUT2D eigenvalue weighted by Crippen LogP contribution is -2.60. The van der Waals surface area contributed by atoms with Gasteiger partial charge in [-0.25, -0.2) is 0 Å². The summed E-state index contributed by atoms with van der Waals surface area (Å²) in [5.41, 5.74) is 1.43.